The van der Waals surface area contributed by atoms with E-state index in [1.165, 1.54) is 13.3 Å². The van der Waals surface area contributed by atoms with E-state index in [-0.39, 0.29) is 36.1 Å². The molecule has 3 heteroatoms. The van der Waals surface area contributed by atoms with Crippen molar-refractivity contribution in [3.05, 3.63) is 0 Å². The van der Waals surface area contributed by atoms with Crippen LogP contribution in [0.3, 0.4) is 0 Å². The highest BCUT2D eigenvalue weighted by Crippen LogP contribution is 2.24. The molecule has 0 bridgehead atoms. The first-order valence-corrected chi connectivity index (χ1v) is 5.67. The molecule has 0 heterocycles. The largest absolute Gasteiger partial charge is 0.300 e. The third kappa shape index (κ3) is 3.94. The lowest BCUT2D eigenvalue weighted by Crippen LogP contribution is -2.25. The van der Waals surface area contributed by atoms with Crippen molar-refractivity contribution in [2.45, 2.75) is 51.9 Å². The van der Waals surface area contributed by atoms with Crippen LogP contribution in [0.4, 0.5) is 0 Å². The first-order valence-electron chi connectivity index (χ1n) is 5.67. The predicted molar refractivity (Wildman–Crippen MR) is 56.5 cm³/mol. The average Bonchev–Trinajstić information content (AvgIpc) is 2.26. The van der Waals surface area contributed by atoms with Gasteiger partial charge in [0.2, 0.25) is 5.78 Å². The van der Waals surface area contributed by atoms with Crippen molar-refractivity contribution in [1.29, 1.82) is 0 Å². The lowest BCUT2D eigenvalue weighted by atomic mass is 9.84. The molecule has 0 aromatic heterocycles. The average molecular weight is 210 g/mol. The molecule has 0 aliphatic heterocycles. The van der Waals surface area contributed by atoms with Crippen LogP contribution in [0, 0.1) is 5.92 Å². The van der Waals surface area contributed by atoms with Crippen molar-refractivity contribution in [1.82, 2.24) is 0 Å². The van der Waals surface area contributed by atoms with Gasteiger partial charge in [-0.15, -0.1) is 0 Å². The molecule has 0 radical (unpaired) electrons. The summed E-state index contributed by atoms with van der Waals surface area (Å²) < 4.78 is 0. The lowest BCUT2D eigenvalue weighted by Gasteiger charge is -2.19. The van der Waals surface area contributed by atoms with Gasteiger partial charge in [-0.1, -0.05) is 19.3 Å². The number of hydrogen-bond donors (Lipinski definition) is 0. The van der Waals surface area contributed by atoms with Gasteiger partial charge < -0.3 is 4.79 Å². The van der Waals surface area contributed by atoms with E-state index in [0.29, 0.717) is 0 Å². The fraction of sp³-hybridized carbons (Fsp3) is 0.750. The molecule has 1 fully saturated rings. The number of Topliss-reactive ketones (excluding diaryl/α,β-unsaturated/α-hetero) is 3. The molecule has 15 heavy (non-hydrogen) atoms. The molecule has 0 aromatic carbocycles. The molecule has 1 aliphatic rings. The third-order valence-electron chi connectivity index (χ3n) is 2.95. The van der Waals surface area contributed by atoms with Crippen LogP contribution in [-0.2, 0) is 14.4 Å². The SMILES string of the molecule is CC(=O)CCC(=O)C(=O)C1CCCCC1. The van der Waals surface area contributed by atoms with Crippen LogP contribution in [0.15, 0.2) is 0 Å². The molecule has 0 N–H and O–H groups in total. The Morgan fingerprint density at radius 1 is 1.00 bits per heavy atom. The number of carbonyl (C=O) groups is 3. The Morgan fingerprint density at radius 3 is 2.13 bits per heavy atom. The van der Waals surface area contributed by atoms with Gasteiger partial charge in [-0.25, -0.2) is 0 Å². The maximum atomic E-state index is 11.6. The zero-order valence-electron chi connectivity index (χ0n) is 9.25. The van der Waals surface area contributed by atoms with E-state index < -0.39 is 0 Å². The molecular weight excluding hydrogens is 192 g/mol. The van der Waals surface area contributed by atoms with Gasteiger partial charge in [0, 0.05) is 18.8 Å². The zero-order chi connectivity index (χ0) is 11.3. The predicted octanol–water partition coefficient (Wildman–Crippen LogP) is 2.07. The Labute approximate surface area is 90.2 Å². The summed E-state index contributed by atoms with van der Waals surface area (Å²) in [5.41, 5.74) is 0. The number of hydrogen-bond acceptors (Lipinski definition) is 3. The van der Waals surface area contributed by atoms with E-state index >= 15 is 0 Å². The topological polar surface area (TPSA) is 51.2 Å². The highest BCUT2D eigenvalue weighted by Gasteiger charge is 2.26. The zero-order valence-corrected chi connectivity index (χ0v) is 9.25. The van der Waals surface area contributed by atoms with Crippen LogP contribution in [0.1, 0.15) is 51.9 Å². The van der Waals surface area contributed by atoms with E-state index in [4.69, 9.17) is 0 Å². The molecule has 0 amide bonds. The fourth-order valence-electron chi connectivity index (χ4n) is 2.01. The minimum absolute atomic E-state index is 0.0280. The summed E-state index contributed by atoms with van der Waals surface area (Å²) in [6, 6.07) is 0. The lowest BCUT2D eigenvalue weighted by molar-refractivity contribution is -0.140. The fourth-order valence-corrected chi connectivity index (χ4v) is 2.01. The molecular formula is C12H18O3. The Hall–Kier alpha value is -0.990. The van der Waals surface area contributed by atoms with E-state index in [1.54, 1.807) is 0 Å². The maximum Gasteiger partial charge on any atom is 0.201 e. The van der Waals surface area contributed by atoms with Crippen molar-refractivity contribution < 1.29 is 14.4 Å². The summed E-state index contributed by atoms with van der Waals surface area (Å²) in [5, 5.41) is 0. The van der Waals surface area contributed by atoms with Crippen LogP contribution in [0.2, 0.25) is 0 Å². The van der Waals surface area contributed by atoms with E-state index in [1.807, 2.05) is 0 Å². The molecule has 0 atom stereocenters. The second-order valence-corrected chi connectivity index (χ2v) is 4.32. The monoisotopic (exact) mass is 210 g/mol. The van der Waals surface area contributed by atoms with Crippen molar-refractivity contribution in [3.8, 4) is 0 Å². The molecule has 3 nitrogen and oxygen atoms in total. The Bertz CT molecular complexity index is 262. The van der Waals surface area contributed by atoms with Crippen LogP contribution >= 0.6 is 0 Å². The second kappa shape index (κ2) is 5.79. The number of rotatable bonds is 5. The Morgan fingerprint density at radius 2 is 1.60 bits per heavy atom. The minimum Gasteiger partial charge on any atom is -0.300 e. The van der Waals surface area contributed by atoms with E-state index in [2.05, 4.69) is 0 Å². The highest BCUT2D eigenvalue weighted by atomic mass is 16.2. The number of carbonyl (C=O) groups excluding carboxylic acids is 3. The van der Waals surface area contributed by atoms with Crippen molar-refractivity contribution in [2.24, 2.45) is 5.92 Å². The van der Waals surface area contributed by atoms with Gasteiger partial charge in [0.25, 0.3) is 0 Å². The van der Waals surface area contributed by atoms with Gasteiger partial charge in [-0.2, -0.15) is 0 Å². The molecule has 0 aromatic rings. The van der Waals surface area contributed by atoms with Crippen LogP contribution in [0.5, 0.6) is 0 Å². The molecule has 84 valence electrons. The molecule has 1 rings (SSSR count). The van der Waals surface area contributed by atoms with Crippen molar-refractivity contribution >= 4 is 17.3 Å². The van der Waals surface area contributed by atoms with Crippen LogP contribution in [-0.4, -0.2) is 17.3 Å². The summed E-state index contributed by atoms with van der Waals surface area (Å²) in [6.07, 6.45) is 5.29. The van der Waals surface area contributed by atoms with Gasteiger partial charge >= 0.3 is 0 Å². The first-order chi connectivity index (χ1) is 7.11. The second-order valence-electron chi connectivity index (χ2n) is 4.32. The van der Waals surface area contributed by atoms with Gasteiger partial charge in [-0.05, 0) is 19.8 Å². The van der Waals surface area contributed by atoms with Gasteiger partial charge in [-0.3, -0.25) is 9.59 Å². The summed E-state index contributed by atoms with van der Waals surface area (Å²) >= 11 is 0. The molecule has 1 aliphatic carbocycles. The molecule has 1 saturated carbocycles. The third-order valence-corrected chi connectivity index (χ3v) is 2.95. The smallest absolute Gasteiger partial charge is 0.201 e. The molecule has 0 saturated heterocycles. The summed E-state index contributed by atoms with van der Waals surface area (Å²) in [6.45, 7) is 1.44. The molecule has 0 spiro atoms. The van der Waals surface area contributed by atoms with E-state index in [0.717, 1.165) is 25.7 Å². The standard InChI is InChI=1S/C12H18O3/c1-9(13)7-8-11(14)12(15)10-5-3-2-4-6-10/h10H,2-8H2,1H3. The Kier molecular flexibility index (Phi) is 4.66. The van der Waals surface area contributed by atoms with Crippen LogP contribution < -0.4 is 0 Å². The quantitative estimate of drug-likeness (QED) is 0.653. The summed E-state index contributed by atoms with van der Waals surface area (Å²) in [5.74, 6) is -0.675. The molecule has 0 unspecified atom stereocenters. The number of ketones is 3. The first kappa shape index (κ1) is 12.1. The summed E-state index contributed by atoms with van der Waals surface area (Å²) in [7, 11) is 0. The van der Waals surface area contributed by atoms with Crippen molar-refractivity contribution in [2.75, 3.05) is 0 Å². The minimum atomic E-state index is -0.350. The van der Waals surface area contributed by atoms with Crippen molar-refractivity contribution in [3.63, 3.8) is 0 Å². The maximum absolute atomic E-state index is 11.6. The normalized spacial score (nSPS) is 17.4. The highest BCUT2D eigenvalue weighted by molar-refractivity contribution is 6.38. The summed E-state index contributed by atoms with van der Waals surface area (Å²) in [4.78, 5) is 33.8. The van der Waals surface area contributed by atoms with Gasteiger partial charge in [0.05, 0.1) is 0 Å². The van der Waals surface area contributed by atoms with E-state index in [9.17, 15) is 14.4 Å². The van der Waals surface area contributed by atoms with Gasteiger partial charge in [0.1, 0.15) is 5.78 Å². The van der Waals surface area contributed by atoms with Gasteiger partial charge in [0.15, 0.2) is 5.78 Å². The Balaban J connectivity index is 2.37. The van der Waals surface area contributed by atoms with Crippen LogP contribution in [0.25, 0.3) is 0 Å².